The van der Waals surface area contributed by atoms with E-state index in [2.05, 4.69) is 17.3 Å². The molecule has 1 aliphatic heterocycles. The van der Waals surface area contributed by atoms with E-state index in [-0.39, 0.29) is 23.6 Å². The van der Waals surface area contributed by atoms with Crippen LogP contribution in [-0.2, 0) is 4.79 Å². The Hall–Kier alpha value is -2.32. The molecule has 162 valence electrons. The third-order valence-corrected chi connectivity index (χ3v) is 7.67. The lowest BCUT2D eigenvalue weighted by molar-refractivity contribution is -0.123. The van der Waals surface area contributed by atoms with E-state index in [0.29, 0.717) is 39.3 Å². The van der Waals surface area contributed by atoms with Crippen LogP contribution in [0.1, 0.15) is 45.1 Å². The Labute approximate surface area is 189 Å². The first-order chi connectivity index (χ1) is 15.0. The largest absolute Gasteiger partial charge is 0.353 e. The Kier molecular flexibility index (Phi) is 5.52. The van der Waals surface area contributed by atoms with E-state index in [0.717, 1.165) is 24.9 Å². The smallest absolute Gasteiger partial charge is 0.265 e. The highest BCUT2D eigenvalue weighted by atomic mass is 35.5. The lowest BCUT2D eigenvalue weighted by Gasteiger charge is -2.29. The number of carbonyl (C=O) groups excluding carboxylic acids is 1. The average molecular weight is 458 g/mol. The van der Waals surface area contributed by atoms with Gasteiger partial charge >= 0.3 is 0 Å². The average Bonchev–Trinajstić information content (AvgIpc) is 3.35. The van der Waals surface area contributed by atoms with Crippen molar-refractivity contribution in [2.45, 2.75) is 56.3 Å². The van der Waals surface area contributed by atoms with Crippen LogP contribution in [0.2, 0.25) is 5.02 Å². The minimum Gasteiger partial charge on any atom is -0.353 e. The summed E-state index contributed by atoms with van der Waals surface area (Å²) in [5.74, 6) is 1.18. The number of fused-ring (bicyclic) bond motifs is 2. The summed E-state index contributed by atoms with van der Waals surface area (Å²) >= 11 is 7.50. The molecule has 0 bridgehead atoms. The van der Waals surface area contributed by atoms with Crippen LogP contribution in [0.25, 0.3) is 16.7 Å². The van der Waals surface area contributed by atoms with Gasteiger partial charge < -0.3 is 5.32 Å². The molecule has 2 aliphatic rings. The number of carbonyl (C=O) groups is 1. The van der Waals surface area contributed by atoms with E-state index >= 15 is 0 Å². The van der Waals surface area contributed by atoms with Crippen LogP contribution in [0, 0.1) is 5.92 Å². The molecule has 1 aliphatic carbocycles. The number of hydrogen-bond acceptors (Lipinski definition) is 5. The van der Waals surface area contributed by atoms with Crippen LogP contribution in [-0.4, -0.2) is 37.0 Å². The van der Waals surface area contributed by atoms with Gasteiger partial charge in [-0.05, 0) is 43.0 Å². The zero-order valence-corrected chi connectivity index (χ0v) is 18.8. The van der Waals surface area contributed by atoms with Gasteiger partial charge in [0.2, 0.25) is 5.91 Å². The highest BCUT2D eigenvalue weighted by Gasteiger charge is 2.31. The van der Waals surface area contributed by atoms with Gasteiger partial charge in [0.15, 0.2) is 10.8 Å². The Morgan fingerprint density at radius 3 is 2.81 bits per heavy atom. The molecule has 7 nitrogen and oxygen atoms in total. The summed E-state index contributed by atoms with van der Waals surface area (Å²) < 4.78 is 3.32. The molecule has 5 rings (SSSR count). The van der Waals surface area contributed by atoms with Crippen molar-refractivity contribution in [2.24, 2.45) is 5.92 Å². The maximum absolute atomic E-state index is 13.3. The van der Waals surface area contributed by atoms with Crippen LogP contribution in [0.4, 0.5) is 0 Å². The number of aromatic nitrogens is 4. The second-order valence-corrected chi connectivity index (χ2v) is 9.87. The lowest BCUT2D eigenvalue weighted by Crippen LogP contribution is -2.42. The van der Waals surface area contributed by atoms with Crippen LogP contribution < -0.4 is 10.9 Å². The van der Waals surface area contributed by atoms with Crippen molar-refractivity contribution in [3.8, 4) is 5.69 Å². The molecule has 1 aromatic carbocycles. The van der Waals surface area contributed by atoms with Gasteiger partial charge in [-0.2, -0.15) is 5.10 Å². The van der Waals surface area contributed by atoms with Gasteiger partial charge in [0.25, 0.3) is 5.56 Å². The second-order valence-electron chi connectivity index (χ2n) is 8.44. The van der Waals surface area contributed by atoms with Gasteiger partial charge in [0.1, 0.15) is 5.39 Å². The van der Waals surface area contributed by atoms with Crippen molar-refractivity contribution in [1.29, 1.82) is 0 Å². The molecule has 0 spiro atoms. The summed E-state index contributed by atoms with van der Waals surface area (Å²) in [4.78, 5) is 30.7. The number of rotatable bonds is 4. The van der Waals surface area contributed by atoms with Crippen LogP contribution in [0.15, 0.2) is 40.4 Å². The number of benzene rings is 1. The normalized spacial score (nSPS) is 23.1. The summed E-state index contributed by atoms with van der Waals surface area (Å²) in [6.07, 6.45) is 6.44. The van der Waals surface area contributed by atoms with Gasteiger partial charge in [0, 0.05) is 23.2 Å². The first-order valence-corrected chi connectivity index (χ1v) is 12.1. The van der Waals surface area contributed by atoms with Gasteiger partial charge in [0.05, 0.1) is 17.9 Å². The molecule has 3 heterocycles. The third-order valence-electron chi connectivity index (χ3n) is 6.32. The molecule has 1 saturated carbocycles. The standard InChI is InChI=1S/C22H24ClN5O2S/c1-13-4-2-3-5-18(13)25-19(29)10-16-12-31-22-26-20-17(21(30)27(16)22)11-24-28(20)15-8-6-14(23)7-9-15/h6-9,11,13,16,18H,2-5,10,12H2,1H3,(H,25,29). The van der Waals surface area contributed by atoms with E-state index in [1.807, 2.05) is 12.1 Å². The highest BCUT2D eigenvalue weighted by molar-refractivity contribution is 7.99. The van der Waals surface area contributed by atoms with Gasteiger partial charge in [-0.15, -0.1) is 0 Å². The van der Waals surface area contributed by atoms with E-state index < -0.39 is 0 Å². The molecule has 2 aromatic heterocycles. The summed E-state index contributed by atoms with van der Waals surface area (Å²) in [5.41, 5.74) is 1.16. The predicted molar refractivity (Wildman–Crippen MR) is 122 cm³/mol. The summed E-state index contributed by atoms with van der Waals surface area (Å²) in [7, 11) is 0. The Bertz CT molecular complexity index is 1190. The molecule has 9 heteroatoms. The topological polar surface area (TPSA) is 81.8 Å². The van der Waals surface area contributed by atoms with E-state index in [9.17, 15) is 9.59 Å². The third kappa shape index (κ3) is 3.87. The van der Waals surface area contributed by atoms with Crippen molar-refractivity contribution in [3.05, 3.63) is 45.8 Å². The number of hydrogen-bond donors (Lipinski definition) is 1. The van der Waals surface area contributed by atoms with Crippen LogP contribution >= 0.6 is 23.4 Å². The molecular weight excluding hydrogens is 434 g/mol. The minimum absolute atomic E-state index is 0.0149. The molecule has 31 heavy (non-hydrogen) atoms. The molecule has 1 N–H and O–H groups in total. The fourth-order valence-corrected chi connectivity index (χ4v) is 5.82. The van der Waals surface area contributed by atoms with Crippen molar-refractivity contribution in [2.75, 3.05) is 5.75 Å². The fourth-order valence-electron chi connectivity index (χ4n) is 4.56. The Morgan fingerprint density at radius 2 is 2.03 bits per heavy atom. The number of halogens is 1. The number of thioether (sulfide) groups is 1. The Morgan fingerprint density at radius 1 is 1.26 bits per heavy atom. The second kappa shape index (κ2) is 8.31. The van der Waals surface area contributed by atoms with Gasteiger partial charge in [-0.25, -0.2) is 9.67 Å². The fraction of sp³-hybridized carbons (Fsp3) is 0.455. The molecule has 0 saturated heterocycles. The maximum atomic E-state index is 13.3. The molecular formula is C22H24ClN5O2S. The molecule has 3 unspecified atom stereocenters. The van der Waals surface area contributed by atoms with E-state index in [4.69, 9.17) is 16.6 Å². The Balaban J connectivity index is 1.41. The molecule has 1 amide bonds. The lowest BCUT2D eigenvalue weighted by atomic mass is 9.86. The number of nitrogens with zero attached hydrogens (tertiary/aromatic N) is 4. The summed E-state index contributed by atoms with van der Waals surface area (Å²) in [6, 6.07) is 7.29. The SMILES string of the molecule is CC1CCCCC1NC(=O)CC1CSc2nc3c(cnn3-c3ccc(Cl)cc3)c(=O)n21. The summed E-state index contributed by atoms with van der Waals surface area (Å²) in [5, 5.41) is 9.30. The highest BCUT2D eigenvalue weighted by Crippen LogP contribution is 2.33. The van der Waals surface area contributed by atoms with E-state index in [1.54, 1.807) is 27.6 Å². The van der Waals surface area contributed by atoms with Gasteiger partial charge in [-0.1, -0.05) is 43.1 Å². The first kappa shape index (κ1) is 20.6. The molecule has 3 aromatic rings. The van der Waals surface area contributed by atoms with Crippen molar-refractivity contribution in [3.63, 3.8) is 0 Å². The number of amides is 1. The molecule has 3 atom stereocenters. The summed E-state index contributed by atoms with van der Waals surface area (Å²) in [6.45, 7) is 2.20. The van der Waals surface area contributed by atoms with Crippen LogP contribution in [0.5, 0.6) is 0 Å². The van der Waals surface area contributed by atoms with Crippen molar-refractivity contribution < 1.29 is 4.79 Å². The zero-order valence-electron chi connectivity index (χ0n) is 17.3. The monoisotopic (exact) mass is 457 g/mol. The van der Waals surface area contributed by atoms with Crippen molar-refractivity contribution in [1.82, 2.24) is 24.6 Å². The molecule has 1 fully saturated rings. The maximum Gasteiger partial charge on any atom is 0.265 e. The first-order valence-electron chi connectivity index (χ1n) is 10.7. The quantitative estimate of drug-likeness (QED) is 0.599. The van der Waals surface area contributed by atoms with Crippen LogP contribution in [0.3, 0.4) is 0 Å². The van der Waals surface area contributed by atoms with E-state index in [1.165, 1.54) is 18.2 Å². The van der Waals surface area contributed by atoms with Crippen molar-refractivity contribution >= 4 is 40.3 Å². The minimum atomic E-state index is -0.192. The molecule has 0 radical (unpaired) electrons. The predicted octanol–water partition coefficient (Wildman–Crippen LogP) is 3.97. The number of nitrogens with one attached hydrogen (secondary N) is 1. The zero-order chi connectivity index (χ0) is 21.5. The van der Waals surface area contributed by atoms with Gasteiger partial charge in [-0.3, -0.25) is 14.2 Å².